The number of methoxy groups -OCH3 is 1. The van der Waals surface area contributed by atoms with Gasteiger partial charge in [0, 0.05) is 19.5 Å². The first-order chi connectivity index (χ1) is 17.2. The zero-order chi connectivity index (χ0) is 26.1. The third-order valence-corrected chi connectivity index (χ3v) is 5.50. The standard InChI is InChI=1S/C29H34N2O5/c1-21(24-15-10-13-22-11-6-7-14-25(22)24)27(32)31(28(33)36-29(2,3)4)26-16-17-30-19-23(26)12-8-9-18-35-20-34-5/h6-11,13-17,19,21H,12,18,20H2,1-5H3. The lowest BCUT2D eigenvalue weighted by molar-refractivity contribution is -0.119. The van der Waals surface area contributed by atoms with Crippen LogP contribution >= 0.6 is 0 Å². The number of rotatable bonds is 9. The fourth-order valence-corrected chi connectivity index (χ4v) is 3.84. The molecule has 1 heterocycles. The van der Waals surface area contributed by atoms with Crippen molar-refractivity contribution >= 4 is 28.5 Å². The van der Waals surface area contributed by atoms with Crippen LogP contribution in [0, 0.1) is 0 Å². The van der Waals surface area contributed by atoms with Crippen molar-refractivity contribution in [3.8, 4) is 0 Å². The van der Waals surface area contributed by atoms with Crippen LogP contribution in [-0.2, 0) is 25.4 Å². The number of nitrogens with zero attached hydrogens (tertiary/aromatic N) is 2. The van der Waals surface area contributed by atoms with E-state index in [1.54, 1.807) is 46.3 Å². The first kappa shape index (κ1) is 27.0. The number of pyridine rings is 1. The molecule has 3 aromatic rings. The number of hydrogen-bond donors (Lipinski definition) is 0. The fraction of sp³-hybridized carbons (Fsp3) is 0.345. The molecule has 7 nitrogen and oxygen atoms in total. The molecule has 0 saturated carbocycles. The van der Waals surface area contributed by atoms with E-state index in [0.29, 0.717) is 24.3 Å². The highest BCUT2D eigenvalue weighted by Crippen LogP contribution is 2.31. The summed E-state index contributed by atoms with van der Waals surface area (Å²) < 4.78 is 15.8. The van der Waals surface area contributed by atoms with Crippen molar-refractivity contribution < 1.29 is 23.8 Å². The summed E-state index contributed by atoms with van der Waals surface area (Å²) in [5, 5.41) is 2.00. The molecule has 0 fully saturated rings. The number of benzene rings is 2. The van der Waals surface area contributed by atoms with E-state index < -0.39 is 17.6 Å². The highest BCUT2D eigenvalue weighted by Gasteiger charge is 2.34. The number of hydrogen-bond acceptors (Lipinski definition) is 6. The maximum Gasteiger partial charge on any atom is 0.421 e. The minimum absolute atomic E-state index is 0.204. The van der Waals surface area contributed by atoms with Crippen molar-refractivity contribution in [2.75, 3.05) is 25.4 Å². The van der Waals surface area contributed by atoms with Crippen LogP contribution in [0.2, 0.25) is 0 Å². The molecular weight excluding hydrogens is 456 g/mol. The molecule has 0 spiro atoms. The SMILES string of the molecule is COCOCC=CCc1cnccc1N(C(=O)OC(C)(C)C)C(=O)C(C)c1cccc2ccccc12. The number of carbonyl (C=O) groups is 2. The van der Waals surface area contributed by atoms with Crippen LogP contribution in [0.3, 0.4) is 0 Å². The number of aromatic nitrogens is 1. The molecule has 1 unspecified atom stereocenters. The highest BCUT2D eigenvalue weighted by molar-refractivity contribution is 6.15. The Hall–Kier alpha value is -3.55. The van der Waals surface area contributed by atoms with Crippen LogP contribution in [-0.4, -0.2) is 43.1 Å². The van der Waals surface area contributed by atoms with E-state index in [9.17, 15) is 9.59 Å². The third kappa shape index (κ3) is 6.99. The van der Waals surface area contributed by atoms with E-state index >= 15 is 0 Å². The van der Waals surface area contributed by atoms with E-state index in [-0.39, 0.29) is 12.7 Å². The van der Waals surface area contributed by atoms with Gasteiger partial charge in [-0.3, -0.25) is 9.78 Å². The molecular formula is C29H34N2O5. The normalized spacial score (nSPS) is 12.6. The summed E-state index contributed by atoms with van der Waals surface area (Å²) in [6, 6.07) is 15.4. The van der Waals surface area contributed by atoms with Gasteiger partial charge in [0.1, 0.15) is 12.4 Å². The van der Waals surface area contributed by atoms with Gasteiger partial charge in [-0.05, 0) is 62.1 Å². The molecule has 0 aliphatic rings. The van der Waals surface area contributed by atoms with Gasteiger partial charge in [0.25, 0.3) is 0 Å². The van der Waals surface area contributed by atoms with Crippen LogP contribution in [0.25, 0.3) is 10.8 Å². The summed E-state index contributed by atoms with van der Waals surface area (Å²) in [5.41, 5.74) is 1.23. The second-order valence-electron chi connectivity index (χ2n) is 9.40. The second kappa shape index (κ2) is 12.4. The summed E-state index contributed by atoms with van der Waals surface area (Å²) in [6.45, 7) is 7.73. The molecule has 0 radical (unpaired) electrons. The zero-order valence-electron chi connectivity index (χ0n) is 21.6. The predicted octanol–water partition coefficient (Wildman–Crippen LogP) is 6.03. The molecule has 1 aromatic heterocycles. The Kier molecular flexibility index (Phi) is 9.33. The zero-order valence-corrected chi connectivity index (χ0v) is 21.6. The smallest absolute Gasteiger partial charge is 0.421 e. The minimum atomic E-state index is -0.774. The van der Waals surface area contributed by atoms with E-state index in [2.05, 4.69) is 4.98 Å². The Labute approximate surface area is 212 Å². The first-order valence-corrected chi connectivity index (χ1v) is 11.9. The lowest BCUT2D eigenvalue weighted by Gasteiger charge is -2.29. The molecule has 0 aliphatic heterocycles. The summed E-state index contributed by atoms with van der Waals surface area (Å²) in [7, 11) is 1.56. The Morgan fingerprint density at radius 1 is 1.06 bits per heavy atom. The summed E-state index contributed by atoms with van der Waals surface area (Å²) >= 11 is 0. The van der Waals surface area contributed by atoms with Gasteiger partial charge in [-0.25, -0.2) is 9.69 Å². The van der Waals surface area contributed by atoms with Crippen LogP contribution in [0.1, 0.15) is 44.7 Å². The molecule has 3 rings (SSSR count). The summed E-state index contributed by atoms with van der Waals surface area (Å²) in [5.74, 6) is -0.969. The van der Waals surface area contributed by atoms with Crippen molar-refractivity contribution in [2.45, 2.75) is 45.6 Å². The van der Waals surface area contributed by atoms with Gasteiger partial charge in [0.15, 0.2) is 0 Å². The van der Waals surface area contributed by atoms with Gasteiger partial charge in [0.05, 0.1) is 18.2 Å². The quantitative estimate of drug-likeness (QED) is 0.207. The number of fused-ring (bicyclic) bond motifs is 1. The van der Waals surface area contributed by atoms with Gasteiger partial charge in [-0.15, -0.1) is 0 Å². The van der Waals surface area contributed by atoms with E-state index in [1.807, 2.05) is 61.5 Å². The molecule has 1 atom stereocenters. The van der Waals surface area contributed by atoms with Gasteiger partial charge < -0.3 is 14.2 Å². The van der Waals surface area contributed by atoms with Crippen LogP contribution in [0.15, 0.2) is 73.1 Å². The topological polar surface area (TPSA) is 78.0 Å². The van der Waals surface area contributed by atoms with Gasteiger partial charge >= 0.3 is 6.09 Å². The maximum atomic E-state index is 14.0. The Bertz CT molecular complexity index is 1210. The lowest BCUT2D eigenvalue weighted by Crippen LogP contribution is -2.43. The van der Waals surface area contributed by atoms with Crippen molar-refractivity contribution in [3.63, 3.8) is 0 Å². The van der Waals surface area contributed by atoms with E-state index in [0.717, 1.165) is 21.2 Å². The van der Waals surface area contributed by atoms with Crippen LogP contribution < -0.4 is 4.90 Å². The summed E-state index contributed by atoms with van der Waals surface area (Å²) in [4.78, 5) is 32.7. The number of amides is 2. The van der Waals surface area contributed by atoms with Crippen molar-refractivity contribution in [1.82, 2.24) is 4.98 Å². The molecule has 0 bridgehead atoms. The second-order valence-corrected chi connectivity index (χ2v) is 9.40. The largest absolute Gasteiger partial charge is 0.443 e. The number of imide groups is 1. The summed E-state index contributed by atoms with van der Waals surface area (Å²) in [6.07, 6.45) is 6.71. The van der Waals surface area contributed by atoms with Crippen molar-refractivity contribution in [2.24, 2.45) is 0 Å². The maximum absolute atomic E-state index is 14.0. The third-order valence-electron chi connectivity index (χ3n) is 5.50. The molecule has 2 aromatic carbocycles. The number of anilines is 1. The molecule has 36 heavy (non-hydrogen) atoms. The predicted molar refractivity (Wildman–Crippen MR) is 141 cm³/mol. The van der Waals surface area contributed by atoms with Crippen LogP contribution in [0.4, 0.5) is 10.5 Å². The number of carbonyl (C=O) groups excluding carboxylic acids is 2. The minimum Gasteiger partial charge on any atom is -0.443 e. The average Bonchev–Trinajstić information content (AvgIpc) is 2.85. The molecule has 0 aliphatic carbocycles. The molecule has 2 amide bonds. The lowest BCUT2D eigenvalue weighted by atomic mass is 9.93. The van der Waals surface area contributed by atoms with Crippen molar-refractivity contribution in [1.29, 1.82) is 0 Å². The van der Waals surface area contributed by atoms with E-state index in [1.165, 1.54) is 0 Å². The fourth-order valence-electron chi connectivity index (χ4n) is 3.84. The Morgan fingerprint density at radius 3 is 2.56 bits per heavy atom. The molecule has 190 valence electrons. The van der Waals surface area contributed by atoms with Gasteiger partial charge in [-0.2, -0.15) is 0 Å². The van der Waals surface area contributed by atoms with Gasteiger partial charge in [-0.1, -0.05) is 54.6 Å². The molecule has 0 N–H and O–H groups in total. The first-order valence-electron chi connectivity index (χ1n) is 11.9. The van der Waals surface area contributed by atoms with Crippen molar-refractivity contribution in [3.05, 3.63) is 84.2 Å². The monoisotopic (exact) mass is 490 g/mol. The number of ether oxygens (including phenoxy) is 3. The Balaban J connectivity index is 1.98. The number of allylic oxidation sites excluding steroid dienone is 1. The van der Waals surface area contributed by atoms with E-state index in [4.69, 9.17) is 14.2 Å². The van der Waals surface area contributed by atoms with Crippen LogP contribution in [0.5, 0.6) is 0 Å². The van der Waals surface area contributed by atoms with Gasteiger partial charge in [0.2, 0.25) is 5.91 Å². The Morgan fingerprint density at radius 2 is 1.81 bits per heavy atom. The molecule has 0 saturated heterocycles. The highest BCUT2D eigenvalue weighted by atomic mass is 16.7. The molecule has 7 heteroatoms. The average molecular weight is 491 g/mol.